The summed E-state index contributed by atoms with van der Waals surface area (Å²) in [4.78, 5) is 0. The minimum Gasteiger partial charge on any atom is -0.375 e. The molecule has 1 aromatic rings. The van der Waals surface area contributed by atoms with Crippen molar-refractivity contribution in [2.45, 2.75) is 37.3 Å². The Labute approximate surface area is 144 Å². The normalized spacial score (nSPS) is 26.7. The van der Waals surface area contributed by atoms with Gasteiger partial charge in [-0.15, -0.1) is 0 Å². The summed E-state index contributed by atoms with van der Waals surface area (Å²) in [6.45, 7) is 0.841. The predicted octanol–water partition coefficient (Wildman–Crippen LogP) is 4.79. The average Bonchev–Trinajstić information content (AvgIpc) is 2.50. The van der Waals surface area contributed by atoms with Crippen LogP contribution in [0, 0.1) is 5.92 Å². The van der Waals surface area contributed by atoms with Crippen molar-refractivity contribution in [2.24, 2.45) is 11.7 Å². The topological polar surface area (TPSA) is 35.2 Å². The first kappa shape index (κ1) is 16.1. The van der Waals surface area contributed by atoms with Crippen molar-refractivity contribution in [1.29, 1.82) is 0 Å². The van der Waals surface area contributed by atoms with E-state index in [0.717, 1.165) is 34.5 Å². The zero-order valence-corrected chi connectivity index (χ0v) is 15.1. The molecule has 0 bridgehead atoms. The van der Waals surface area contributed by atoms with E-state index in [9.17, 15) is 0 Å². The highest BCUT2D eigenvalue weighted by Crippen LogP contribution is 2.43. The highest BCUT2D eigenvalue weighted by Gasteiger charge is 2.40. The van der Waals surface area contributed by atoms with Crippen LogP contribution >= 0.6 is 39.3 Å². The van der Waals surface area contributed by atoms with Crippen LogP contribution in [-0.2, 0) is 4.74 Å². The molecule has 0 radical (unpaired) electrons. The first-order chi connectivity index (χ1) is 10.1. The summed E-state index contributed by atoms with van der Waals surface area (Å²) in [5.74, 6) is 2.91. The third-order valence-corrected chi connectivity index (χ3v) is 6.99. The van der Waals surface area contributed by atoms with Crippen molar-refractivity contribution in [3.05, 3.63) is 33.3 Å². The van der Waals surface area contributed by atoms with Gasteiger partial charge in [-0.1, -0.05) is 17.7 Å². The van der Waals surface area contributed by atoms with Crippen molar-refractivity contribution < 1.29 is 4.74 Å². The second-order valence-corrected chi connectivity index (χ2v) is 8.58. The van der Waals surface area contributed by atoms with Gasteiger partial charge in [-0.3, -0.25) is 0 Å². The molecule has 0 aromatic heterocycles. The first-order valence-electron chi connectivity index (χ1n) is 7.52. The Morgan fingerprint density at radius 1 is 1.38 bits per heavy atom. The lowest BCUT2D eigenvalue weighted by atomic mass is 9.77. The lowest BCUT2D eigenvalue weighted by Gasteiger charge is -2.44. The van der Waals surface area contributed by atoms with E-state index in [2.05, 4.69) is 22.0 Å². The van der Waals surface area contributed by atoms with Gasteiger partial charge in [0.05, 0.1) is 10.6 Å². The van der Waals surface area contributed by atoms with Gasteiger partial charge in [0.1, 0.15) is 0 Å². The maximum absolute atomic E-state index is 6.54. The second kappa shape index (κ2) is 6.79. The van der Waals surface area contributed by atoms with Crippen molar-refractivity contribution in [1.82, 2.24) is 0 Å². The van der Waals surface area contributed by atoms with Crippen LogP contribution in [0.25, 0.3) is 0 Å². The molecular formula is C16H21BrClNOS. The molecule has 2 nitrogen and oxygen atoms in total. The molecule has 1 aromatic carbocycles. The number of halogens is 2. The molecule has 2 fully saturated rings. The van der Waals surface area contributed by atoms with E-state index in [1.165, 1.54) is 24.3 Å². The maximum atomic E-state index is 6.54. The summed E-state index contributed by atoms with van der Waals surface area (Å²) >= 11 is 11.7. The van der Waals surface area contributed by atoms with Crippen LogP contribution in [0.15, 0.2) is 22.7 Å². The third kappa shape index (κ3) is 3.61. The summed E-state index contributed by atoms with van der Waals surface area (Å²) in [6.07, 6.45) is 4.47. The van der Waals surface area contributed by atoms with Gasteiger partial charge in [0, 0.05) is 17.1 Å². The SMILES string of the molecule is NC(c1ccc(Br)c(Cl)c1)C1CCOC2(CCSCC2)C1. The number of rotatable bonds is 2. The summed E-state index contributed by atoms with van der Waals surface area (Å²) in [5, 5.41) is 0.735. The van der Waals surface area contributed by atoms with Gasteiger partial charge in [-0.25, -0.2) is 0 Å². The smallest absolute Gasteiger partial charge is 0.0701 e. The average molecular weight is 391 g/mol. The largest absolute Gasteiger partial charge is 0.375 e. The van der Waals surface area contributed by atoms with E-state index in [1.54, 1.807) is 0 Å². The number of benzene rings is 1. The van der Waals surface area contributed by atoms with Crippen LogP contribution in [-0.4, -0.2) is 23.7 Å². The van der Waals surface area contributed by atoms with Gasteiger partial charge < -0.3 is 10.5 Å². The Morgan fingerprint density at radius 2 is 2.14 bits per heavy atom. The molecule has 116 valence electrons. The molecule has 0 saturated carbocycles. The molecule has 2 atom stereocenters. The minimum atomic E-state index is 0.0472. The molecule has 2 heterocycles. The van der Waals surface area contributed by atoms with Crippen LogP contribution < -0.4 is 5.73 Å². The molecule has 2 aliphatic heterocycles. The molecule has 2 unspecified atom stereocenters. The minimum absolute atomic E-state index is 0.0472. The zero-order chi connectivity index (χ0) is 14.9. The quantitative estimate of drug-likeness (QED) is 0.788. The number of hydrogen-bond donors (Lipinski definition) is 1. The number of thioether (sulfide) groups is 1. The van der Waals surface area contributed by atoms with Crippen LogP contribution in [0.1, 0.15) is 37.3 Å². The molecule has 5 heteroatoms. The van der Waals surface area contributed by atoms with E-state index < -0.39 is 0 Å². The maximum Gasteiger partial charge on any atom is 0.0701 e. The van der Waals surface area contributed by atoms with Gasteiger partial charge >= 0.3 is 0 Å². The Hall–Kier alpha value is 0.260. The molecule has 2 saturated heterocycles. The van der Waals surface area contributed by atoms with Crippen LogP contribution in [0.3, 0.4) is 0 Å². The van der Waals surface area contributed by atoms with Gasteiger partial charge in [0.15, 0.2) is 0 Å². The van der Waals surface area contributed by atoms with E-state index in [-0.39, 0.29) is 11.6 Å². The fourth-order valence-corrected chi connectivity index (χ4v) is 5.13. The fourth-order valence-electron chi connectivity index (χ4n) is 3.46. The predicted molar refractivity (Wildman–Crippen MR) is 94.0 cm³/mol. The Morgan fingerprint density at radius 3 is 2.86 bits per heavy atom. The molecule has 3 rings (SSSR count). The van der Waals surface area contributed by atoms with E-state index in [1.807, 2.05) is 23.9 Å². The van der Waals surface area contributed by atoms with Gasteiger partial charge in [-0.05, 0) is 76.7 Å². The highest BCUT2D eigenvalue weighted by molar-refractivity contribution is 9.10. The molecule has 2 N–H and O–H groups in total. The number of nitrogens with two attached hydrogens (primary N) is 1. The lowest BCUT2D eigenvalue weighted by Crippen LogP contribution is -2.45. The second-order valence-electron chi connectivity index (χ2n) is 6.10. The Kier molecular flexibility index (Phi) is 5.22. The molecular weight excluding hydrogens is 370 g/mol. The lowest BCUT2D eigenvalue weighted by molar-refractivity contribution is -0.105. The molecule has 0 amide bonds. The summed E-state index contributed by atoms with van der Waals surface area (Å²) in [7, 11) is 0. The Balaban J connectivity index is 1.74. The monoisotopic (exact) mass is 389 g/mol. The number of ether oxygens (including phenoxy) is 1. The highest BCUT2D eigenvalue weighted by atomic mass is 79.9. The first-order valence-corrected chi connectivity index (χ1v) is 9.84. The van der Waals surface area contributed by atoms with Gasteiger partial charge in [0.25, 0.3) is 0 Å². The van der Waals surface area contributed by atoms with E-state index in [4.69, 9.17) is 22.1 Å². The summed E-state index contributed by atoms with van der Waals surface area (Å²) < 4.78 is 7.09. The van der Waals surface area contributed by atoms with Gasteiger partial charge in [-0.2, -0.15) is 11.8 Å². The van der Waals surface area contributed by atoms with E-state index in [0.29, 0.717) is 5.92 Å². The van der Waals surface area contributed by atoms with E-state index >= 15 is 0 Å². The van der Waals surface area contributed by atoms with Crippen LogP contribution in [0.5, 0.6) is 0 Å². The van der Waals surface area contributed by atoms with Crippen molar-refractivity contribution in [3.8, 4) is 0 Å². The molecule has 0 aliphatic carbocycles. The van der Waals surface area contributed by atoms with Crippen molar-refractivity contribution >= 4 is 39.3 Å². The summed E-state index contributed by atoms with van der Waals surface area (Å²) in [5.41, 5.74) is 7.77. The zero-order valence-electron chi connectivity index (χ0n) is 12.0. The van der Waals surface area contributed by atoms with Crippen molar-refractivity contribution in [3.63, 3.8) is 0 Å². The van der Waals surface area contributed by atoms with Crippen LogP contribution in [0.4, 0.5) is 0 Å². The Bertz CT molecular complexity index is 502. The molecule has 21 heavy (non-hydrogen) atoms. The van der Waals surface area contributed by atoms with Gasteiger partial charge in [0.2, 0.25) is 0 Å². The molecule has 1 spiro atoms. The summed E-state index contributed by atoms with van der Waals surface area (Å²) in [6, 6.07) is 6.12. The standard InChI is InChI=1S/C16H21BrClNOS/c17-13-2-1-11(9-14(13)18)15(19)12-3-6-20-16(10-12)4-7-21-8-5-16/h1-2,9,12,15H,3-8,10,19H2. The van der Waals surface area contributed by atoms with Crippen molar-refractivity contribution in [2.75, 3.05) is 18.1 Å². The number of hydrogen-bond acceptors (Lipinski definition) is 3. The van der Waals surface area contributed by atoms with Crippen LogP contribution in [0.2, 0.25) is 5.02 Å². The fraction of sp³-hybridized carbons (Fsp3) is 0.625. The third-order valence-electron chi connectivity index (χ3n) is 4.77. The molecule has 2 aliphatic rings.